The van der Waals surface area contributed by atoms with E-state index in [0.717, 1.165) is 24.8 Å². The van der Waals surface area contributed by atoms with E-state index in [1.165, 1.54) is 41.8 Å². The maximum Gasteiger partial charge on any atom is 0.208 e. The third-order valence-electron chi connectivity index (χ3n) is 3.82. The smallest absolute Gasteiger partial charge is 0.208 e. The van der Waals surface area contributed by atoms with Gasteiger partial charge in [-0.3, -0.25) is 8.97 Å². The molecular formula is C9H18Cl4N2O8. The highest BCUT2D eigenvalue weighted by molar-refractivity contribution is 6.18. The molecule has 0 aromatic heterocycles. The Morgan fingerprint density at radius 2 is 0.826 bits per heavy atom. The van der Waals surface area contributed by atoms with E-state index in [2.05, 4.69) is 0 Å². The lowest BCUT2D eigenvalue weighted by atomic mass is 10.3. The molecule has 14 heteroatoms. The van der Waals surface area contributed by atoms with Gasteiger partial charge in [-0.2, -0.15) is 0 Å². The molecule has 2 rings (SSSR count). The monoisotopic (exact) mass is 422 g/mol. The molecule has 0 aromatic carbocycles. The summed E-state index contributed by atoms with van der Waals surface area (Å²) in [7, 11) is -9.89. The predicted octanol–water partition coefficient (Wildman–Crippen LogP) is -8.43. The molecule has 0 atom stereocenters. The Hall–Kier alpha value is 0.760. The molecule has 0 radical (unpaired) electrons. The molecule has 0 aliphatic carbocycles. The van der Waals surface area contributed by atoms with Crippen molar-refractivity contribution in [2.75, 3.05) is 57.7 Å². The fraction of sp³-hybridized carbons (Fsp3) is 1.00. The second-order valence-corrected chi connectivity index (χ2v) is 7.57. The van der Waals surface area contributed by atoms with Crippen molar-refractivity contribution in [1.29, 1.82) is 0 Å². The van der Waals surface area contributed by atoms with Crippen LogP contribution in [0, 0.1) is 20.5 Å². The van der Waals surface area contributed by atoms with Crippen LogP contribution < -0.4 is 37.3 Å². The Kier molecular flexibility index (Phi) is 9.77. The number of hydrogen-bond donors (Lipinski definition) is 0. The molecule has 0 saturated carbocycles. The quantitative estimate of drug-likeness (QED) is 0.315. The van der Waals surface area contributed by atoms with E-state index in [1.807, 2.05) is 0 Å². The minimum atomic E-state index is -4.94. The molecule has 0 aromatic rings. The molecular weight excluding hydrogens is 406 g/mol. The van der Waals surface area contributed by atoms with Gasteiger partial charge in [0.1, 0.15) is 26.2 Å². The Labute approximate surface area is 147 Å². The summed E-state index contributed by atoms with van der Waals surface area (Å²) in [4.78, 5) is 0. The average Bonchev–Trinajstić information content (AvgIpc) is 2.81. The normalized spacial score (nSPS) is 29.5. The van der Waals surface area contributed by atoms with Crippen LogP contribution in [0.15, 0.2) is 0 Å². The lowest BCUT2D eigenvalue weighted by Gasteiger charge is -2.26. The SMILES string of the molecule is ClCC[N+]12CC[N+](CCCl)(CC1)C2.[O-][Cl+3]([O-])([O-])[O-].[O-][Cl+3]([O-])([O-])[O-]. The second-order valence-electron chi connectivity index (χ2n) is 5.30. The first-order valence-corrected chi connectivity index (χ1v) is 9.84. The zero-order valence-electron chi connectivity index (χ0n) is 12.0. The van der Waals surface area contributed by atoms with Gasteiger partial charge in [0.05, 0.1) is 24.8 Å². The summed E-state index contributed by atoms with van der Waals surface area (Å²) in [6.45, 7) is 8.90. The molecule has 0 N–H and O–H groups in total. The van der Waals surface area contributed by atoms with E-state index < -0.39 is 20.5 Å². The third kappa shape index (κ3) is 11.9. The number of nitrogens with zero attached hydrogens (tertiary/aromatic N) is 2. The summed E-state index contributed by atoms with van der Waals surface area (Å²) in [5.41, 5.74) is 0. The van der Waals surface area contributed by atoms with Crippen molar-refractivity contribution in [3.05, 3.63) is 0 Å². The first-order valence-electron chi connectivity index (χ1n) is 6.30. The van der Waals surface area contributed by atoms with Gasteiger partial charge in [-0.05, 0) is 0 Å². The van der Waals surface area contributed by atoms with Crippen LogP contribution in [-0.4, -0.2) is 66.7 Å². The van der Waals surface area contributed by atoms with Gasteiger partial charge in [0.15, 0.2) is 0 Å². The number of quaternary nitrogens is 2. The van der Waals surface area contributed by atoms with E-state index in [9.17, 15) is 0 Å². The molecule has 0 unspecified atom stereocenters. The maximum absolute atomic E-state index is 8.49. The highest BCUT2D eigenvalue weighted by Gasteiger charge is 2.54. The first kappa shape index (κ1) is 23.8. The predicted molar refractivity (Wildman–Crippen MR) is 56.0 cm³/mol. The Morgan fingerprint density at radius 3 is 1.00 bits per heavy atom. The number of piperazine rings is 1. The summed E-state index contributed by atoms with van der Waals surface area (Å²) in [5, 5.41) is 0. The number of rotatable bonds is 4. The molecule has 0 spiro atoms. The summed E-state index contributed by atoms with van der Waals surface area (Å²) < 4.78 is 70.5. The fourth-order valence-corrected chi connectivity index (χ4v) is 3.66. The van der Waals surface area contributed by atoms with Crippen LogP contribution in [0.25, 0.3) is 0 Å². The van der Waals surface area contributed by atoms with Crippen molar-refractivity contribution in [2.24, 2.45) is 0 Å². The average molecular weight is 424 g/mol. The largest absolute Gasteiger partial charge is 0.267 e. The first-order chi connectivity index (χ1) is 10.2. The van der Waals surface area contributed by atoms with Crippen LogP contribution >= 0.6 is 23.2 Å². The zero-order chi connectivity index (χ0) is 18.4. The standard InChI is InChI=1S/C9H18Cl2N2.2ClHO4/c10-1-3-12-5-7-13(9-12,4-2-11)8-6-12;2*2-1(3,4)5/h1-9H2;2*(H,2,3,4,5)/q+2;;/p-2. The van der Waals surface area contributed by atoms with Gasteiger partial charge < -0.3 is 0 Å². The molecule has 2 aliphatic rings. The molecule has 2 aliphatic heterocycles. The summed E-state index contributed by atoms with van der Waals surface area (Å²) in [6, 6.07) is 0. The van der Waals surface area contributed by atoms with E-state index in [4.69, 9.17) is 60.5 Å². The lowest BCUT2D eigenvalue weighted by Crippen LogP contribution is -2.68. The summed E-state index contributed by atoms with van der Waals surface area (Å²) in [6.07, 6.45) is 0. The summed E-state index contributed by atoms with van der Waals surface area (Å²) in [5.74, 6) is 1.61. The molecule has 140 valence electrons. The Balaban J connectivity index is 0.000000406. The molecule has 0 amide bonds. The van der Waals surface area contributed by atoms with Gasteiger partial charge >= 0.3 is 0 Å². The lowest BCUT2D eigenvalue weighted by molar-refractivity contribution is -2.00. The van der Waals surface area contributed by atoms with Crippen LogP contribution in [0.5, 0.6) is 0 Å². The van der Waals surface area contributed by atoms with Crippen molar-refractivity contribution < 1.29 is 66.7 Å². The van der Waals surface area contributed by atoms with Gasteiger partial charge in [-0.25, -0.2) is 37.3 Å². The van der Waals surface area contributed by atoms with Gasteiger partial charge in [0.25, 0.3) is 0 Å². The van der Waals surface area contributed by atoms with Crippen molar-refractivity contribution in [3.63, 3.8) is 0 Å². The van der Waals surface area contributed by atoms with Crippen LogP contribution in [-0.2, 0) is 0 Å². The Morgan fingerprint density at radius 1 is 0.609 bits per heavy atom. The van der Waals surface area contributed by atoms with Crippen LogP contribution in [0.2, 0.25) is 0 Å². The van der Waals surface area contributed by atoms with Gasteiger partial charge in [-0.1, -0.05) is 0 Å². The second kappa shape index (κ2) is 9.46. The number of hydrogen-bond acceptors (Lipinski definition) is 8. The minimum absolute atomic E-state index is 0.806. The highest BCUT2D eigenvalue weighted by Crippen LogP contribution is 2.31. The van der Waals surface area contributed by atoms with Crippen LogP contribution in [0.4, 0.5) is 0 Å². The minimum Gasteiger partial charge on any atom is -0.267 e. The Bertz CT molecular complexity index is 299. The topological polar surface area (TPSA) is 184 Å². The summed E-state index contributed by atoms with van der Waals surface area (Å²) >= 11 is 11.7. The fourth-order valence-electron chi connectivity index (χ4n) is 2.94. The number of fused-ring (bicyclic) bond motifs is 2. The maximum atomic E-state index is 8.49. The van der Waals surface area contributed by atoms with Gasteiger partial charge in [-0.15, -0.1) is 43.7 Å². The molecule has 23 heavy (non-hydrogen) atoms. The third-order valence-corrected chi connectivity index (χ3v) is 4.15. The van der Waals surface area contributed by atoms with Crippen molar-refractivity contribution in [3.8, 4) is 0 Å². The van der Waals surface area contributed by atoms with E-state index >= 15 is 0 Å². The van der Waals surface area contributed by atoms with Gasteiger partial charge in [0, 0.05) is 0 Å². The van der Waals surface area contributed by atoms with E-state index in [0.29, 0.717) is 0 Å². The van der Waals surface area contributed by atoms with Crippen molar-refractivity contribution in [1.82, 2.24) is 0 Å². The van der Waals surface area contributed by atoms with Gasteiger partial charge in [0.2, 0.25) is 6.67 Å². The number of alkyl halides is 2. The van der Waals surface area contributed by atoms with Crippen molar-refractivity contribution in [2.45, 2.75) is 0 Å². The number of halogens is 4. The molecule has 10 nitrogen and oxygen atoms in total. The van der Waals surface area contributed by atoms with Crippen molar-refractivity contribution >= 4 is 23.2 Å². The van der Waals surface area contributed by atoms with Crippen LogP contribution in [0.1, 0.15) is 0 Å². The zero-order valence-corrected chi connectivity index (χ0v) is 15.1. The molecule has 2 heterocycles. The van der Waals surface area contributed by atoms with Crippen LogP contribution in [0.3, 0.4) is 0 Å². The van der Waals surface area contributed by atoms with E-state index in [-0.39, 0.29) is 0 Å². The van der Waals surface area contributed by atoms with E-state index in [1.54, 1.807) is 0 Å². The molecule has 2 fully saturated rings. The highest BCUT2D eigenvalue weighted by atomic mass is 35.7. The molecule has 2 bridgehead atoms. The molecule has 2 saturated heterocycles.